The third-order valence-electron chi connectivity index (χ3n) is 5.29. The van der Waals surface area contributed by atoms with Crippen molar-refractivity contribution in [2.45, 2.75) is 26.4 Å². The number of hydrogen-bond donors (Lipinski definition) is 0. The van der Waals surface area contributed by atoms with Crippen LogP contribution < -0.4 is 4.74 Å². The van der Waals surface area contributed by atoms with Crippen LogP contribution in [0.5, 0.6) is 5.75 Å². The van der Waals surface area contributed by atoms with Crippen molar-refractivity contribution < 1.29 is 27.5 Å². The van der Waals surface area contributed by atoms with Gasteiger partial charge in [-0.05, 0) is 25.1 Å². The van der Waals surface area contributed by atoms with Crippen LogP contribution in [0, 0.1) is 25.5 Å². The van der Waals surface area contributed by atoms with Crippen molar-refractivity contribution in [1.29, 1.82) is 0 Å². The second-order valence-electron chi connectivity index (χ2n) is 7.62. The zero-order chi connectivity index (χ0) is 22.8. The standard InChI is InChI=1S/C22H24F2N4O4/c1-13-21(32-14(2)25-13)22(29)28-7-9-31-20(12-28)19-10-15(27(3)26-19)6-8-30-16-4-5-17(23)18(24)11-16/h4-5,10-11,20H,6-9,12H2,1-3H3/t20-/m0/s1. The summed E-state index contributed by atoms with van der Waals surface area (Å²) in [6, 6.07) is 5.33. The molecule has 1 fully saturated rings. The summed E-state index contributed by atoms with van der Waals surface area (Å²) in [4.78, 5) is 18.7. The van der Waals surface area contributed by atoms with Gasteiger partial charge >= 0.3 is 0 Å². The summed E-state index contributed by atoms with van der Waals surface area (Å²) >= 11 is 0. The number of morpholine rings is 1. The van der Waals surface area contributed by atoms with E-state index in [-0.39, 0.29) is 30.1 Å². The molecule has 0 unspecified atom stereocenters. The summed E-state index contributed by atoms with van der Waals surface area (Å²) in [7, 11) is 1.81. The summed E-state index contributed by atoms with van der Waals surface area (Å²) < 4.78 is 44.9. The van der Waals surface area contributed by atoms with Crippen LogP contribution in [0.15, 0.2) is 28.7 Å². The van der Waals surface area contributed by atoms with Crippen LogP contribution in [0.25, 0.3) is 0 Å². The van der Waals surface area contributed by atoms with Gasteiger partial charge in [0.05, 0.1) is 31.1 Å². The fourth-order valence-electron chi connectivity index (χ4n) is 3.65. The number of carbonyl (C=O) groups is 1. The fourth-order valence-corrected chi connectivity index (χ4v) is 3.65. The number of rotatable bonds is 6. The Morgan fingerprint density at radius 2 is 2.06 bits per heavy atom. The maximum absolute atomic E-state index is 13.3. The highest BCUT2D eigenvalue weighted by Gasteiger charge is 2.30. The van der Waals surface area contributed by atoms with Gasteiger partial charge in [-0.25, -0.2) is 13.8 Å². The molecule has 1 atom stereocenters. The molecule has 0 aliphatic carbocycles. The lowest BCUT2D eigenvalue weighted by molar-refractivity contribution is -0.0259. The van der Waals surface area contributed by atoms with E-state index in [4.69, 9.17) is 13.9 Å². The molecule has 1 aliphatic rings. The number of carbonyl (C=O) groups excluding carboxylic acids is 1. The molecule has 0 bridgehead atoms. The molecule has 1 aromatic carbocycles. The minimum absolute atomic E-state index is 0.215. The molecule has 0 radical (unpaired) electrons. The average molecular weight is 446 g/mol. The normalized spacial score (nSPS) is 16.4. The third-order valence-corrected chi connectivity index (χ3v) is 5.29. The molecule has 32 heavy (non-hydrogen) atoms. The maximum atomic E-state index is 13.3. The molecule has 170 valence electrons. The zero-order valence-electron chi connectivity index (χ0n) is 18.1. The number of hydrogen-bond acceptors (Lipinski definition) is 6. The number of amides is 1. The Labute approximate surface area is 183 Å². The van der Waals surface area contributed by atoms with Crippen molar-refractivity contribution in [3.05, 3.63) is 64.6 Å². The highest BCUT2D eigenvalue weighted by atomic mass is 19.2. The minimum atomic E-state index is -0.949. The van der Waals surface area contributed by atoms with E-state index in [1.54, 1.807) is 23.4 Å². The molecule has 0 spiro atoms. The maximum Gasteiger partial charge on any atom is 0.291 e. The van der Waals surface area contributed by atoms with Crippen molar-refractivity contribution >= 4 is 5.91 Å². The molecule has 10 heteroatoms. The van der Waals surface area contributed by atoms with Gasteiger partial charge in [0.1, 0.15) is 11.9 Å². The lowest BCUT2D eigenvalue weighted by Gasteiger charge is -2.31. The van der Waals surface area contributed by atoms with Crippen LogP contribution in [-0.4, -0.2) is 51.9 Å². The number of aryl methyl sites for hydroxylation is 3. The van der Waals surface area contributed by atoms with Crippen molar-refractivity contribution in [2.75, 3.05) is 26.3 Å². The molecule has 3 heterocycles. The Bertz CT molecular complexity index is 1130. The topological polar surface area (TPSA) is 82.6 Å². The zero-order valence-corrected chi connectivity index (χ0v) is 18.1. The number of oxazole rings is 1. The highest BCUT2D eigenvalue weighted by Crippen LogP contribution is 2.24. The van der Waals surface area contributed by atoms with E-state index in [0.717, 1.165) is 17.8 Å². The van der Waals surface area contributed by atoms with E-state index in [9.17, 15) is 13.6 Å². The molecule has 2 aromatic heterocycles. The van der Waals surface area contributed by atoms with Gasteiger partial charge < -0.3 is 18.8 Å². The number of benzene rings is 1. The summed E-state index contributed by atoms with van der Waals surface area (Å²) in [5.74, 6) is -1.12. The largest absolute Gasteiger partial charge is 0.493 e. The summed E-state index contributed by atoms with van der Waals surface area (Å²) in [6.45, 7) is 4.90. The lowest BCUT2D eigenvalue weighted by Crippen LogP contribution is -2.42. The first-order chi connectivity index (χ1) is 15.3. The van der Waals surface area contributed by atoms with Gasteiger partial charge in [-0.2, -0.15) is 5.10 Å². The molecular weight excluding hydrogens is 422 g/mol. The molecule has 0 saturated carbocycles. The van der Waals surface area contributed by atoms with E-state index in [0.29, 0.717) is 43.4 Å². The Kier molecular flexibility index (Phi) is 6.22. The predicted molar refractivity (Wildman–Crippen MR) is 109 cm³/mol. The lowest BCUT2D eigenvalue weighted by atomic mass is 10.1. The molecule has 4 rings (SSSR count). The van der Waals surface area contributed by atoms with E-state index in [2.05, 4.69) is 10.1 Å². The summed E-state index contributed by atoms with van der Waals surface area (Å²) in [5.41, 5.74) is 2.16. The quantitative estimate of drug-likeness (QED) is 0.579. The number of aromatic nitrogens is 3. The van der Waals surface area contributed by atoms with Gasteiger partial charge in [0, 0.05) is 38.7 Å². The SMILES string of the molecule is Cc1nc(C)c(C(=O)N2CCO[C@H](c3cc(CCOc4ccc(F)c(F)c4)n(C)n3)C2)o1. The first-order valence-corrected chi connectivity index (χ1v) is 10.3. The number of ether oxygens (including phenoxy) is 2. The van der Waals surface area contributed by atoms with E-state index in [1.807, 2.05) is 13.1 Å². The minimum Gasteiger partial charge on any atom is -0.493 e. The first kappa shape index (κ1) is 21.9. The van der Waals surface area contributed by atoms with Gasteiger partial charge in [0.25, 0.3) is 5.91 Å². The van der Waals surface area contributed by atoms with Gasteiger partial charge in [-0.15, -0.1) is 0 Å². The summed E-state index contributed by atoms with van der Waals surface area (Å²) in [5, 5.41) is 4.53. The number of nitrogens with zero attached hydrogens (tertiary/aromatic N) is 4. The first-order valence-electron chi connectivity index (χ1n) is 10.3. The summed E-state index contributed by atoms with van der Waals surface area (Å²) in [6.07, 6.45) is 0.137. The van der Waals surface area contributed by atoms with Crippen LogP contribution in [0.2, 0.25) is 0 Å². The molecule has 8 nitrogen and oxygen atoms in total. The van der Waals surface area contributed by atoms with Crippen LogP contribution >= 0.6 is 0 Å². The monoisotopic (exact) mass is 446 g/mol. The van der Waals surface area contributed by atoms with Crippen molar-refractivity contribution in [1.82, 2.24) is 19.7 Å². The highest BCUT2D eigenvalue weighted by molar-refractivity contribution is 5.92. The number of halogens is 2. The second-order valence-corrected chi connectivity index (χ2v) is 7.62. The molecule has 1 aliphatic heterocycles. The van der Waals surface area contributed by atoms with E-state index >= 15 is 0 Å². The van der Waals surface area contributed by atoms with Crippen molar-refractivity contribution in [3.63, 3.8) is 0 Å². The van der Waals surface area contributed by atoms with Gasteiger partial charge in [-0.1, -0.05) is 0 Å². The third kappa shape index (κ3) is 4.64. The van der Waals surface area contributed by atoms with Crippen LogP contribution in [-0.2, 0) is 18.2 Å². The van der Waals surface area contributed by atoms with Crippen LogP contribution in [0.1, 0.15) is 39.6 Å². The molecule has 1 saturated heterocycles. The van der Waals surface area contributed by atoms with Crippen LogP contribution in [0.4, 0.5) is 8.78 Å². The van der Waals surface area contributed by atoms with Gasteiger partial charge in [0.15, 0.2) is 17.5 Å². The fraction of sp³-hybridized carbons (Fsp3) is 0.409. The van der Waals surface area contributed by atoms with Gasteiger partial charge in [0.2, 0.25) is 5.76 Å². The molecule has 3 aromatic rings. The Hall–Kier alpha value is -3.27. The Morgan fingerprint density at radius 1 is 1.25 bits per heavy atom. The predicted octanol–water partition coefficient (Wildman–Crippen LogP) is 3.14. The van der Waals surface area contributed by atoms with Gasteiger partial charge in [-0.3, -0.25) is 9.48 Å². The smallest absolute Gasteiger partial charge is 0.291 e. The molecule has 0 N–H and O–H groups in total. The van der Waals surface area contributed by atoms with Crippen LogP contribution in [0.3, 0.4) is 0 Å². The van der Waals surface area contributed by atoms with Crippen molar-refractivity contribution in [3.8, 4) is 5.75 Å². The van der Waals surface area contributed by atoms with E-state index in [1.165, 1.54) is 6.07 Å². The van der Waals surface area contributed by atoms with E-state index < -0.39 is 11.6 Å². The molecule has 1 amide bonds. The van der Waals surface area contributed by atoms with Crippen molar-refractivity contribution in [2.24, 2.45) is 7.05 Å². The average Bonchev–Trinajstić information content (AvgIpc) is 3.31. The molecular formula is C22H24F2N4O4. The Balaban J connectivity index is 1.38. The Morgan fingerprint density at radius 3 is 2.78 bits per heavy atom. The second kappa shape index (κ2) is 9.07.